The molecule has 2 aliphatic rings. The summed E-state index contributed by atoms with van der Waals surface area (Å²) in [7, 11) is 2.12. The average Bonchev–Trinajstić information content (AvgIpc) is 3.02. The molecule has 2 heteroatoms. The maximum absolute atomic E-state index is 3.54. The standard InChI is InChI=1S/C15H23NS/c1-10-8-17-9-14(10)15(16-2)7-13-6-11-3-4-12(13)5-11/h8-9,11-13,15-16H,3-7H2,1-2H3. The fourth-order valence-electron chi connectivity index (χ4n) is 4.10. The van der Waals surface area contributed by atoms with Crippen molar-refractivity contribution in [2.45, 2.75) is 45.1 Å². The Balaban J connectivity index is 1.69. The molecule has 1 N–H and O–H groups in total. The van der Waals surface area contributed by atoms with Crippen LogP contribution in [0.2, 0.25) is 0 Å². The van der Waals surface area contributed by atoms with E-state index in [9.17, 15) is 0 Å². The van der Waals surface area contributed by atoms with Gasteiger partial charge in [0, 0.05) is 6.04 Å². The van der Waals surface area contributed by atoms with Crippen LogP contribution in [0.1, 0.15) is 49.3 Å². The van der Waals surface area contributed by atoms with Gasteiger partial charge in [-0.1, -0.05) is 6.42 Å². The Hall–Kier alpha value is -0.340. The van der Waals surface area contributed by atoms with Gasteiger partial charge < -0.3 is 5.32 Å². The van der Waals surface area contributed by atoms with Crippen LogP contribution in [0.3, 0.4) is 0 Å². The molecule has 1 nitrogen and oxygen atoms in total. The Morgan fingerprint density at radius 3 is 2.76 bits per heavy atom. The van der Waals surface area contributed by atoms with Crippen molar-refractivity contribution in [1.82, 2.24) is 5.32 Å². The lowest BCUT2D eigenvalue weighted by Gasteiger charge is -2.26. The number of aryl methyl sites for hydroxylation is 1. The van der Waals surface area contributed by atoms with Gasteiger partial charge in [0.05, 0.1) is 0 Å². The largest absolute Gasteiger partial charge is 0.313 e. The van der Waals surface area contributed by atoms with Crippen LogP contribution in [0.15, 0.2) is 10.8 Å². The van der Waals surface area contributed by atoms with Crippen molar-refractivity contribution in [3.8, 4) is 0 Å². The van der Waals surface area contributed by atoms with Crippen LogP contribution in [0, 0.1) is 24.7 Å². The summed E-state index contributed by atoms with van der Waals surface area (Å²) in [4.78, 5) is 0. The molecule has 1 heterocycles. The molecule has 2 bridgehead atoms. The van der Waals surface area contributed by atoms with E-state index in [4.69, 9.17) is 0 Å². The monoisotopic (exact) mass is 249 g/mol. The van der Waals surface area contributed by atoms with E-state index in [1.807, 2.05) is 11.3 Å². The van der Waals surface area contributed by atoms with Gasteiger partial charge in [0.1, 0.15) is 0 Å². The van der Waals surface area contributed by atoms with Crippen LogP contribution in [-0.2, 0) is 0 Å². The predicted molar refractivity (Wildman–Crippen MR) is 74.4 cm³/mol. The highest BCUT2D eigenvalue weighted by Gasteiger charge is 2.40. The maximum Gasteiger partial charge on any atom is 0.0331 e. The van der Waals surface area contributed by atoms with E-state index in [0.717, 1.165) is 17.8 Å². The number of fused-ring (bicyclic) bond motifs is 2. The Morgan fingerprint density at radius 1 is 1.35 bits per heavy atom. The first kappa shape index (κ1) is 11.7. The van der Waals surface area contributed by atoms with Gasteiger partial charge in [-0.2, -0.15) is 11.3 Å². The minimum absolute atomic E-state index is 0.589. The van der Waals surface area contributed by atoms with E-state index < -0.39 is 0 Å². The first-order valence-electron chi connectivity index (χ1n) is 6.98. The lowest BCUT2D eigenvalue weighted by molar-refractivity contribution is 0.284. The van der Waals surface area contributed by atoms with Crippen molar-refractivity contribution in [3.63, 3.8) is 0 Å². The number of hydrogen-bond acceptors (Lipinski definition) is 2. The van der Waals surface area contributed by atoms with Gasteiger partial charge in [-0.3, -0.25) is 0 Å². The van der Waals surface area contributed by atoms with Gasteiger partial charge in [-0.15, -0.1) is 0 Å². The minimum Gasteiger partial charge on any atom is -0.313 e. The Labute approximate surface area is 109 Å². The van der Waals surface area contributed by atoms with Crippen LogP contribution in [0.4, 0.5) is 0 Å². The number of nitrogens with one attached hydrogen (secondary N) is 1. The zero-order chi connectivity index (χ0) is 11.8. The summed E-state index contributed by atoms with van der Waals surface area (Å²) in [5.41, 5.74) is 3.01. The van der Waals surface area contributed by atoms with Crippen molar-refractivity contribution in [2.24, 2.45) is 17.8 Å². The van der Waals surface area contributed by atoms with Crippen molar-refractivity contribution in [2.75, 3.05) is 7.05 Å². The minimum atomic E-state index is 0.589. The third kappa shape index (κ3) is 2.17. The molecule has 0 amide bonds. The summed E-state index contributed by atoms with van der Waals surface area (Å²) in [6, 6.07) is 0.589. The highest BCUT2D eigenvalue weighted by Crippen LogP contribution is 2.51. The van der Waals surface area contributed by atoms with Crippen LogP contribution in [0.25, 0.3) is 0 Å². The SMILES string of the molecule is CNC(CC1CC2CCC1C2)c1cscc1C. The molecule has 0 aromatic carbocycles. The molecule has 0 aliphatic heterocycles. The van der Waals surface area contributed by atoms with Gasteiger partial charge in [-0.05, 0) is 79.3 Å². The van der Waals surface area contributed by atoms with E-state index in [1.54, 1.807) is 5.56 Å². The highest BCUT2D eigenvalue weighted by atomic mass is 32.1. The zero-order valence-electron chi connectivity index (χ0n) is 10.9. The highest BCUT2D eigenvalue weighted by molar-refractivity contribution is 7.08. The first-order valence-corrected chi connectivity index (χ1v) is 7.92. The van der Waals surface area contributed by atoms with E-state index in [2.05, 4.69) is 30.0 Å². The van der Waals surface area contributed by atoms with Crippen molar-refractivity contribution < 1.29 is 0 Å². The second kappa shape index (κ2) is 4.74. The molecule has 2 saturated carbocycles. The van der Waals surface area contributed by atoms with Crippen molar-refractivity contribution in [3.05, 3.63) is 21.9 Å². The van der Waals surface area contributed by atoms with Gasteiger partial charge in [0.25, 0.3) is 0 Å². The summed E-state index contributed by atoms with van der Waals surface area (Å²) >= 11 is 1.84. The topological polar surface area (TPSA) is 12.0 Å². The third-order valence-corrected chi connectivity index (χ3v) is 5.92. The van der Waals surface area contributed by atoms with E-state index in [0.29, 0.717) is 6.04 Å². The summed E-state index contributed by atoms with van der Waals surface area (Å²) < 4.78 is 0. The van der Waals surface area contributed by atoms with Crippen LogP contribution < -0.4 is 5.32 Å². The lowest BCUT2D eigenvalue weighted by Crippen LogP contribution is -2.22. The van der Waals surface area contributed by atoms with Crippen molar-refractivity contribution >= 4 is 11.3 Å². The molecule has 0 radical (unpaired) electrons. The van der Waals surface area contributed by atoms with Crippen LogP contribution in [0.5, 0.6) is 0 Å². The van der Waals surface area contributed by atoms with Crippen molar-refractivity contribution in [1.29, 1.82) is 0 Å². The summed E-state index contributed by atoms with van der Waals surface area (Å²) in [6.07, 6.45) is 7.42. The molecule has 1 aromatic heterocycles. The number of thiophene rings is 1. The molecular weight excluding hydrogens is 226 g/mol. The third-order valence-electron chi connectivity index (χ3n) is 5.04. The van der Waals surface area contributed by atoms with Gasteiger partial charge in [0.2, 0.25) is 0 Å². The van der Waals surface area contributed by atoms with E-state index >= 15 is 0 Å². The predicted octanol–water partition coefficient (Wildman–Crippen LogP) is 4.14. The fourth-order valence-corrected chi connectivity index (χ4v) is 5.00. The van der Waals surface area contributed by atoms with Crippen LogP contribution >= 0.6 is 11.3 Å². The Bertz CT molecular complexity index is 384. The fraction of sp³-hybridized carbons (Fsp3) is 0.733. The molecule has 2 aliphatic carbocycles. The number of rotatable bonds is 4. The molecule has 17 heavy (non-hydrogen) atoms. The smallest absolute Gasteiger partial charge is 0.0331 e. The molecule has 4 unspecified atom stereocenters. The van der Waals surface area contributed by atoms with Gasteiger partial charge >= 0.3 is 0 Å². The average molecular weight is 249 g/mol. The number of hydrogen-bond donors (Lipinski definition) is 1. The van der Waals surface area contributed by atoms with Crippen LogP contribution in [-0.4, -0.2) is 7.05 Å². The Kier molecular flexibility index (Phi) is 3.27. The molecule has 4 atom stereocenters. The first-order chi connectivity index (χ1) is 8.28. The summed E-state index contributed by atoms with van der Waals surface area (Å²) in [5, 5.41) is 8.15. The zero-order valence-corrected chi connectivity index (χ0v) is 11.7. The van der Waals surface area contributed by atoms with Gasteiger partial charge in [0.15, 0.2) is 0 Å². The maximum atomic E-state index is 3.54. The molecule has 2 fully saturated rings. The molecule has 94 valence electrons. The second-order valence-electron chi connectivity index (χ2n) is 6.02. The van der Waals surface area contributed by atoms with E-state index in [-0.39, 0.29) is 0 Å². The normalized spacial score (nSPS) is 33.2. The van der Waals surface area contributed by atoms with Gasteiger partial charge in [-0.25, -0.2) is 0 Å². The summed E-state index contributed by atoms with van der Waals surface area (Å²) in [6.45, 7) is 2.25. The quantitative estimate of drug-likeness (QED) is 0.845. The Morgan fingerprint density at radius 2 is 2.24 bits per heavy atom. The molecule has 0 spiro atoms. The molecular formula is C15H23NS. The molecule has 1 aromatic rings. The summed E-state index contributed by atoms with van der Waals surface area (Å²) in [5.74, 6) is 3.12. The lowest BCUT2D eigenvalue weighted by atomic mass is 9.83. The molecule has 3 rings (SSSR count). The second-order valence-corrected chi connectivity index (χ2v) is 6.77. The molecule has 0 saturated heterocycles. The van der Waals surface area contributed by atoms with E-state index in [1.165, 1.54) is 37.7 Å².